The lowest BCUT2D eigenvalue weighted by atomic mass is 9.84. The van der Waals surface area contributed by atoms with E-state index in [1.54, 1.807) is 6.20 Å². The van der Waals surface area contributed by atoms with E-state index in [9.17, 15) is 9.59 Å². The first kappa shape index (κ1) is 23.3. The van der Waals surface area contributed by atoms with Crippen molar-refractivity contribution in [1.82, 2.24) is 10.1 Å². The van der Waals surface area contributed by atoms with Crippen molar-refractivity contribution in [2.45, 2.75) is 52.0 Å². The van der Waals surface area contributed by atoms with Gasteiger partial charge in [0.1, 0.15) is 0 Å². The molecule has 30 heavy (non-hydrogen) atoms. The molecule has 1 aliphatic rings. The second-order valence-corrected chi connectivity index (χ2v) is 7.26. The van der Waals surface area contributed by atoms with Crippen LogP contribution in [-0.4, -0.2) is 51.3 Å². The van der Waals surface area contributed by atoms with Gasteiger partial charge in [-0.3, -0.25) is 0 Å². The summed E-state index contributed by atoms with van der Waals surface area (Å²) in [6.45, 7) is 6.97. The molecule has 162 valence electrons. The summed E-state index contributed by atoms with van der Waals surface area (Å²) in [4.78, 5) is 21.8. The largest absolute Gasteiger partial charge is 0.478 e. The van der Waals surface area contributed by atoms with Gasteiger partial charge < -0.3 is 19.6 Å². The van der Waals surface area contributed by atoms with Gasteiger partial charge in [0.05, 0.1) is 6.20 Å². The van der Waals surface area contributed by atoms with Crippen molar-refractivity contribution in [2.24, 2.45) is 0 Å². The Balaban J connectivity index is 0.000000343. The van der Waals surface area contributed by atoms with Gasteiger partial charge in [-0.25, -0.2) is 9.59 Å². The zero-order chi connectivity index (χ0) is 21.9. The van der Waals surface area contributed by atoms with Crippen LogP contribution < -0.4 is 0 Å². The van der Waals surface area contributed by atoms with Crippen molar-refractivity contribution in [3.63, 3.8) is 0 Å². The molecule has 0 saturated heterocycles. The molecule has 0 fully saturated rings. The summed E-state index contributed by atoms with van der Waals surface area (Å²) in [7, 11) is 0. The van der Waals surface area contributed by atoms with Gasteiger partial charge in [0.2, 0.25) is 0 Å². The number of fused-ring (bicyclic) bond motifs is 1. The highest BCUT2D eigenvalue weighted by molar-refractivity contribution is 5.89. The fourth-order valence-electron chi connectivity index (χ4n) is 3.86. The van der Waals surface area contributed by atoms with Gasteiger partial charge in [0.25, 0.3) is 0 Å². The van der Waals surface area contributed by atoms with Gasteiger partial charge in [-0.2, -0.15) is 0 Å². The highest BCUT2D eigenvalue weighted by atomic mass is 16.5. The summed E-state index contributed by atoms with van der Waals surface area (Å²) < 4.78 is 5.41. The summed E-state index contributed by atoms with van der Waals surface area (Å²) in [5, 5.41) is 19.5. The summed E-state index contributed by atoms with van der Waals surface area (Å²) in [5.74, 6) is -1.62. The van der Waals surface area contributed by atoms with Crippen LogP contribution in [0.4, 0.5) is 0 Å². The van der Waals surface area contributed by atoms with Crippen LogP contribution in [0.5, 0.6) is 0 Å². The summed E-state index contributed by atoms with van der Waals surface area (Å²) in [5.41, 5.74) is 4.18. The van der Waals surface area contributed by atoms with Gasteiger partial charge in [0, 0.05) is 29.8 Å². The van der Waals surface area contributed by atoms with Gasteiger partial charge in [-0.15, -0.1) is 0 Å². The number of benzene rings is 1. The number of carboxylic acid groups (broad SMARTS) is 2. The van der Waals surface area contributed by atoms with Crippen molar-refractivity contribution >= 4 is 11.9 Å². The van der Waals surface area contributed by atoms with E-state index >= 15 is 0 Å². The standard InChI is InChI=1S/C19H26N2O.C4H4O4/c1-3-12-21(13-4-2)16-9-8-15-6-5-7-17(18(15)14-16)19-10-11-20-22-19;5-3(6)1-2-4(7)8/h5-7,10-11,16H,3-4,8-9,12-14H2,1-2H3;1-2H,(H,5,6)(H,7,8). The molecule has 0 aliphatic heterocycles. The molecule has 0 amide bonds. The minimum Gasteiger partial charge on any atom is -0.478 e. The minimum absolute atomic E-state index is 0.558. The number of aryl methyl sites for hydroxylation is 1. The minimum atomic E-state index is -1.26. The topological polar surface area (TPSA) is 104 Å². The normalized spacial score (nSPS) is 15.5. The second kappa shape index (κ2) is 11.9. The molecule has 1 heterocycles. The number of hydrogen-bond acceptors (Lipinski definition) is 5. The number of carboxylic acids is 2. The average Bonchev–Trinajstić information content (AvgIpc) is 3.26. The molecule has 1 unspecified atom stereocenters. The molecule has 0 saturated carbocycles. The summed E-state index contributed by atoms with van der Waals surface area (Å²) in [6, 6.07) is 9.22. The molecule has 0 radical (unpaired) electrons. The van der Waals surface area contributed by atoms with Gasteiger partial charge in [-0.1, -0.05) is 37.2 Å². The average molecular weight is 415 g/mol. The molecule has 1 aromatic heterocycles. The fourth-order valence-corrected chi connectivity index (χ4v) is 3.86. The first-order valence-electron chi connectivity index (χ1n) is 10.4. The predicted molar refractivity (Wildman–Crippen MR) is 114 cm³/mol. The number of hydrogen-bond donors (Lipinski definition) is 2. The third kappa shape index (κ3) is 6.84. The zero-order valence-corrected chi connectivity index (χ0v) is 17.6. The Morgan fingerprint density at radius 3 is 2.33 bits per heavy atom. The summed E-state index contributed by atoms with van der Waals surface area (Å²) >= 11 is 0. The van der Waals surface area contributed by atoms with Crippen LogP contribution in [0.3, 0.4) is 0 Å². The van der Waals surface area contributed by atoms with E-state index < -0.39 is 11.9 Å². The van der Waals surface area contributed by atoms with E-state index in [0.717, 1.165) is 12.2 Å². The maximum atomic E-state index is 9.55. The van der Waals surface area contributed by atoms with Crippen molar-refractivity contribution < 1.29 is 24.3 Å². The van der Waals surface area contributed by atoms with E-state index in [0.29, 0.717) is 18.2 Å². The van der Waals surface area contributed by atoms with Crippen molar-refractivity contribution in [1.29, 1.82) is 0 Å². The number of aromatic nitrogens is 1. The number of aliphatic carboxylic acids is 2. The SMILES string of the molecule is CCCN(CCC)C1CCc2cccc(-c3ccno3)c2C1.O=C(O)C=CC(=O)O. The molecule has 0 spiro atoms. The Labute approximate surface area is 177 Å². The molecular formula is C23H30N2O5. The smallest absolute Gasteiger partial charge is 0.328 e. The summed E-state index contributed by atoms with van der Waals surface area (Å²) in [6.07, 6.45) is 8.88. The molecule has 2 N–H and O–H groups in total. The Bertz CT molecular complexity index is 823. The Hall–Kier alpha value is -2.93. The lowest BCUT2D eigenvalue weighted by molar-refractivity contribution is -0.134. The highest BCUT2D eigenvalue weighted by Crippen LogP contribution is 2.33. The Morgan fingerprint density at radius 2 is 1.80 bits per heavy atom. The van der Waals surface area contributed by atoms with Gasteiger partial charge in [-0.05, 0) is 56.3 Å². The second-order valence-electron chi connectivity index (χ2n) is 7.26. The maximum absolute atomic E-state index is 9.55. The third-order valence-corrected chi connectivity index (χ3v) is 5.07. The maximum Gasteiger partial charge on any atom is 0.328 e. The molecule has 3 rings (SSSR count). The predicted octanol–water partition coefficient (Wildman–Crippen LogP) is 4.03. The fraction of sp³-hybridized carbons (Fsp3) is 0.435. The van der Waals surface area contributed by atoms with Gasteiger partial charge >= 0.3 is 11.9 Å². The first-order valence-corrected chi connectivity index (χ1v) is 10.4. The molecule has 1 atom stereocenters. The number of nitrogens with zero attached hydrogens (tertiary/aromatic N) is 2. The Morgan fingerprint density at radius 1 is 1.13 bits per heavy atom. The molecule has 2 aromatic rings. The van der Waals surface area contributed by atoms with E-state index in [2.05, 4.69) is 42.1 Å². The van der Waals surface area contributed by atoms with E-state index in [-0.39, 0.29) is 0 Å². The molecule has 1 aromatic carbocycles. The quantitative estimate of drug-likeness (QED) is 0.628. The number of carbonyl (C=O) groups is 2. The zero-order valence-electron chi connectivity index (χ0n) is 17.6. The van der Waals surface area contributed by atoms with Crippen molar-refractivity contribution in [2.75, 3.05) is 13.1 Å². The van der Waals surface area contributed by atoms with Crippen LogP contribution in [0.2, 0.25) is 0 Å². The van der Waals surface area contributed by atoms with Gasteiger partial charge in [0.15, 0.2) is 5.76 Å². The van der Waals surface area contributed by atoms with E-state index in [4.69, 9.17) is 14.7 Å². The van der Waals surface area contributed by atoms with Crippen LogP contribution in [0.25, 0.3) is 11.3 Å². The molecule has 7 heteroatoms. The monoisotopic (exact) mass is 414 g/mol. The number of rotatable bonds is 8. The van der Waals surface area contributed by atoms with E-state index in [1.165, 1.54) is 55.5 Å². The lowest BCUT2D eigenvalue weighted by Gasteiger charge is -2.35. The first-order chi connectivity index (χ1) is 14.5. The van der Waals surface area contributed by atoms with Crippen LogP contribution in [-0.2, 0) is 22.4 Å². The molecule has 1 aliphatic carbocycles. The highest BCUT2D eigenvalue weighted by Gasteiger charge is 2.26. The van der Waals surface area contributed by atoms with Crippen LogP contribution in [0.15, 0.2) is 47.1 Å². The molecule has 0 bridgehead atoms. The van der Waals surface area contributed by atoms with E-state index in [1.807, 2.05) is 6.07 Å². The van der Waals surface area contributed by atoms with Crippen LogP contribution >= 0.6 is 0 Å². The Kier molecular flexibility index (Phi) is 9.28. The van der Waals surface area contributed by atoms with Crippen LogP contribution in [0.1, 0.15) is 44.2 Å². The lowest BCUT2D eigenvalue weighted by Crippen LogP contribution is -2.40. The van der Waals surface area contributed by atoms with Crippen molar-refractivity contribution in [3.05, 3.63) is 53.7 Å². The molecule has 7 nitrogen and oxygen atoms in total. The molecular weight excluding hydrogens is 384 g/mol. The van der Waals surface area contributed by atoms with Crippen molar-refractivity contribution in [3.8, 4) is 11.3 Å². The third-order valence-electron chi connectivity index (χ3n) is 5.07. The van der Waals surface area contributed by atoms with Crippen LogP contribution in [0, 0.1) is 0 Å².